The van der Waals surface area contributed by atoms with Gasteiger partial charge in [-0.15, -0.1) is 0 Å². The average molecular weight is 406 g/mol. The Kier molecular flexibility index (Phi) is 6.71. The Morgan fingerprint density at radius 3 is 2.39 bits per heavy atom. The van der Waals surface area contributed by atoms with Gasteiger partial charge < -0.3 is 15.7 Å². The van der Waals surface area contributed by atoms with E-state index in [1.54, 1.807) is 38.1 Å². The SMILES string of the molecule is CC(C)(CO)NC(=O)Cc1ccc(NC(=O)c2ccc(Cl)c([N+](=O)[O-])c2)cc1. The van der Waals surface area contributed by atoms with Gasteiger partial charge >= 0.3 is 0 Å². The summed E-state index contributed by atoms with van der Waals surface area (Å²) in [5.41, 5.74) is 0.257. The quantitative estimate of drug-likeness (QED) is 0.483. The van der Waals surface area contributed by atoms with E-state index < -0.39 is 16.4 Å². The molecule has 8 nitrogen and oxygen atoms in total. The van der Waals surface area contributed by atoms with Crippen LogP contribution in [0.1, 0.15) is 29.8 Å². The lowest BCUT2D eigenvalue weighted by Crippen LogP contribution is -2.46. The molecule has 0 atom stereocenters. The van der Waals surface area contributed by atoms with Crippen molar-refractivity contribution >= 4 is 34.8 Å². The van der Waals surface area contributed by atoms with Crippen LogP contribution >= 0.6 is 11.6 Å². The van der Waals surface area contributed by atoms with Crippen LogP contribution in [0.2, 0.25) is 5.02 Å². The van der Waals surface area contributed by atoms with E-state index in [1.165, 1.54) is 12.1 Å². The standard InChI is InChI=1S/C19H20ClN3O5/c1-19(2,11-24)22-17(25)9-12-3-6-14(7-4-12)21-18(26)13-5-8-15(20)16(10-13)23(27)28/h3-8,10,24H,9,11H2,1-2H3,(H,21,26)(H,22,25). The highest BCUT2D eigenvalue weighted by Gasteiger charge is 2.19. The van der Waals surface area contributed by atoms with Gasteiger partial charge in [-0.25, -0.2) is 0 Å². The molecule has 28 heavy (non-hydrogen) atoms. The molecule has 0 radical (unpaired) electrons. The predicted molar refractivity (Wildman–Crippen MR) is 106 cm³/mol. The van der Waals surface area contributed by atoms with E-state index in [9.17, 15) is 24.8 Å². The Labute approximate surface area is 166 Å². The minimum atomic E-state index is -0.702. The molecule has 0 aliphatic rings. The molecule has 2 aromatic carbocycles. The fourth-order valence-electron chi connectivity index (χ4n) is 2.35. The third-order valence-electron chi connectivity index (χ3n) is 3.85. The molecule has 2 amide bonds. The van der Waals surface area contributed by atoms with Crippen LogP contribution in [0.5, 0.6) is 0 Å². The zero-order valence-corrected chi connectivity index (χ0v) is 16.1. The smallest absolute Gasteiger partial charge is 0.288 e. The number of rotatable bonds is 7. The number of nitro benzene ring substituents is 1. The number of nitrogens with zero attached hydrogens (tertiary/aromatic N) is 1. The number of nitro groups is 1. The molecule has 3 N–H and O–H groups in total. The molecule has 0 saturated heterocycles. The number of carbonyl (C=O) groups is 2. The van der Waals surface area contributed by atoms with E-state index in [4.69, 9.17) is 11.6 Å². The second-order valence-electron chi connectivity index (χ2n) is 6.84. The third-order valence-corrected chi connectivity index (χ3v) is 4.17. The number of hydrogen-bond donors (Lipinski definition) is 3. The van der Waals surface area contributed by atoms with Gasteiger partial charge in [0.05, 0.1) is 23.5 Å². The second-order valence-corrected chi connectivity index (χ2v) is 7.25. The highest BCUT2D eigenvalue weighted by molar-refractivity contribution is 6.32. The molecule has 0 bridgehead atoms. The predicted octanol–water partition coefficient (Wildman–Crippen LogP) is 2.93. The molecule has 0 spiro atoms. The zero-order valence-electron chi connectivity index (χ0n) is 15.4. The van der Waals surface area contributed by atoms with Crippen LogP contribution in [0.15, 0.2) is 42.5 Å². The average Bonchev–Trinajstić information content (AvgIpc) is 2.63. The van der Waals surface area contributed by atoms with Gasteiger partial charge in [-0.3, -0.25) is 19.7 Å². The topological polar surface area (TPSA) is 122 Å². The summed E-state index contributed by atoms with van der Waals surface area (Å²) in [6.45, 7) is 3.25. The van der Waals surface area contributed by atoms with Crippen LogP contribution in [-0.2, 0) is 11.2 Å². The number of halogens is 1. The first-order chi connectivity index (χ1) is 13.1. The number of benzene rings is 2. The molecule has 0 fully saturated rings. The molecule has 0 aromatic heterocycles. The van der Waals surface area contributed by atoms with Crippen LogP contribution in [0.25, 0.3) is 0 Å². The zero-order chi connectivity index (χ0) is 20.9. The number of nitrogens with one attached hydrogen (secondary N) is 2. The summed E-state index contributed by atoms with van der Waals surface area (Å²) >= 11 is 5.74. The van der Waals surface area contributed by atoms with Gasteiger partial charge in [0.25, 0.3) is 11.6 Å². The summed E-state index contributed by atoms with van der Waals surface area (Å²) in [5.74, 6) is -0.751. The lowest BCUT2D eigenvalue weighted by molar-refractivity contribution is -0.384. The van der Waals surface area contributed by atoms with Crippen molar-refractivity contribution in [3.63, 3.8) is 0 Å². The maximum atomic E-state index is 12.3. The van der Waals surface area contributed by atoms with Crippen molar-refractivity contribution in [3.05, 3.63) is 68.7 Å². The van der Waals surface area contributed by atoms with Gasteiger partial charge in [0, 0.05) is 17.3 Å². The molecule has 0 aliphatic heterocycles. The van der Waals surface area contributed by atoms with Gasteiger partial charge in [0.2, 0.25) is 5.91 Å². The van der Waals surface area contributed by atoms with Crippen LogP contribution in [0.3, 0.4) is 0 Å². The summed E-state index contributed by atoms with van der Waals surface area (Å²) in [6.07, 6.45) is 0.126. The lowest BCUT2D eigenvalue weighted by atomic mass is 10.1. The Bertz CT molecular complexity index is 897. The number of aliphatic hydroxyl groups excluding tert-OH is 1. The number of aliphatic hydroxyl groups is 1. The maximum absolute atomic E-state index is 12.3. The first kappa shape index (κ1) is 21.3. The van der Waals surface area contributed by atoms with Crippen molar-refractivity contribution < 1.29 is 19.6 Å². The lowest BCUT2D eigenvalue weighted by Gasteiger charge is -2.23. The van der Waals surface area contributed by atoms with Crippen molar-refractivity contribution in [2.75, 3.05) is 11.9 Å². The van der Waals surface area contributed by atoms with Gasteiger partial charge in [0.1, 0.15) is 5.02 Å². The van der Waals surface area contributed by atoms with Crippen LogP contribution < -0.4 is 10.6 Å². The molecule has 0 aliphatic carbocycles. The molecule has 0 saturated carbocycles. The molecule has 2 aromatic rings. The Morgan fingerprint density at radius 2 is 1.82 bits per heavy atom. The molecule has 148 valence electrons. The molecule has 0 unspecified atom stereocenters. The Balaban J connectivity index is 2.02. The largest absolute Gasteiger partial charge is 0.394 e. The minimum absolute atomic E-state index is 0.0476. The summed E-state index contributed by atoms with van der Waals surface area (Å²) < 4.78 is 0. The van der Waals surface area contributed by atoms with Crippen molar-refractivity contribution in [2.24, 2.45) is 0 Å². The normalized spacial score (nSPS) is 11.0. The Hall–Kier alpha value is -2.97. The van der Waals surface area contributed by atoms with Crippen LogP contribution in [0, 0.1) is 10.1 Å². The van der Waals surface area contributed by atoms with Gasteiger partial charge in [0.15, 0.2) is 0 Å². The van der Waals surface area contributed by atoms with E-state index in [2.05, 4.69) is 10.6 Å². The van der Waals surface area contributed by atoms with Gasteiger partial charge in [-0.2, -0.15) is 0 Å². The summed E-state index contributed by atoms with van der Waals surface area (Å²) in [4.78, 5) is 34.6. The summed E-state index contributed by atoms with van der Waals surface area (Å²) in [7, 11) is 0. The first-order valence-electron chi connectivity index (χ1n) is 8.37. The fourth-order valence-corrected chi connectivity index (χ4v) is 2.54. The first-order valence-corrected chi connectivity index (χ1v) is 8.75. The van der Waals surface area contributed by atoms with Crippen molar-refractivity contribution in [3.8, 4) is 0 Å². The van der Waals surface area contributed by atoms with Crippen molar-refractivity contribution in [2.45, 2.75) is 25.8 Å². The van der Waals surface area contributed by atoms with E-state index in [0.717, 1.165) is 11.6 Å². The van der Waals surface area contributed by atoms with Gasteiger partial charge in [-0.1, -0.05) is 23.7 Å². The highest BCUT2D eigenvalue weighted by atomic mass is 35.5. The molecule has 0 heterocycles. The van der Waals surface area contributed by atoms with E-state index in [1.807, 2.05) is 0 Å². The van der Waals surface area contributed by atoms with E-state index >= 15 is 0 Å². The van der Waals surface area contributed by atoms with Crippen LogP contribution in [-0.4, -0.2) is 34.0 Å². The van der Waals surface area contributed by atoms with E-state index in [0.29, 0.717) is 5.69 Å². The highest BCUT2D eigenvalue weighted by Crippen LogP contribution is 2.25. The number of carbonyl (C=O) groups excluding carboxylic acids is 2. The number of anilines is 1. The Morgan fingerprint density at radius 1 is 1.18 bits per heavy atom. The second kappa shape index (κ2) is 8.81. The molecular formula is C19H20ClN3O5. The van der Waals surface area contributed by atoms with Crippen molar-refractivity contribution in [1.29, 1.82) is 0 Å². The minimum Gasteiger partial charge on any atom is -0.394 e. The summed E-state index contributed by atoms with van der Waals surface area (Å²) in [6, 6.07) is 10.4. The van der Waals surface area contributed by atoms with Crippen LogP contribution in [0.4, 0.5) is 11.4 Å². The molecule has 9 heteroatoms. The maximum Gasteiger partial charge on any atom is 0.288 e. The summed E-state index contributed by atoms with van der Waals surface area (Å²) in [5, 5.41) is 25.4. The third kappa shape index (κ3) is 5.77. The molecular weight excluding hydrogens is 386 g/mol. The molecule has 2 rings (SSSR count). The van der Waals surface area contributed by atoms with Crippen molar-refractivity contribution in [1.82, 2.24) is 5.32 Å². The van der Waals surface area contributed by atoms with E-state index in [-0.39, 0.29) is 35.2 Å². The number of hydrogen-bond acceptors (Lipinski definition) is 5. The van der Waals surface area contributed by atoms with Gasteiger partial charge in [-0.05, 0) is 43.7 Å². The fraction of sp³-hybridized carbons (Fsp3) is 0.263. The number of amides is 2. The monoisotopic (exact) mass is 405 g/mol.